The minimum atomic E-state index is -0.484. The molecule has 3 nitrogen and oxygen atoms in total. The maximum atomic E-state index is 12.3. The van der Waals surface area contributed by atoms with Crippen LogP contribution >= 0.6 is 15.9 Å². The van der Waals surface area contributed by atoms with Gasteiger partial charge in [0, 0.05) is 21.2 Å². The van der Waals surface area contributed by atoms with Crippen LogP contribution in [0.15, 0.2) is 65.2 Å². The molecule has 0 aliphatic carbocycles. The molecule has 0 heterocycles. The fraction of sp³-hybridized carbons (Fsp3) is 0.0588. The summed E-state index contributed by atoms with van der Waals surface area (Å²) in [5.41, 5.74) is 1.46. The van der Waals surface area contributed by atoms with Gasteiger partial charge in [0.25, 0.3) is 0 Å². The molecule has 4 heteroatoms. The van der Waals surface area contributed by atoms with Crippen LogP contribution in [-0.2, 0) is 4.79 Å². The molecule has 0 N–H and O–H groups in total. The van der Waals surface area contributed by atoms with Crippen molar-refractivity contribution >= 4 is 27.7 Å². The molecule has 21 heavy (non-hydrogen) atoms. The van der Waals surface area contributed by atoms with Gasteiger partial charge in [-0.2, -0.15) is 0 Å². The van der Waals surface area contributed by atoms with Crippen LogP contribution in [0, 0.1) is 0 Å². The van der Waals surface area contributed by atoms with Crippen molar-refractivity contribution < 1.29 is 14.3 Å². The highest BCUT2D eigenvalue weighted by Crippen LogP contribution is 2.18. The third-order valence-corrected chi connectivity index (χ3v) is 3.31. The maximum absolute atomic E-state index is 12.3. The second kappa shape index (κ2) is 6.50. The number of carbonyl (C=O) groups excluding carboxylic acids is 2. The van der Waals surface area contributed by atoms with Crippen LogP contribution in [0.2, 0.25) is 0 Å². The Morgan fingerprint density at radius 2 is 1.43 bits per heavy atom. The smallest absolute Gasteiger partial charge is 0.338 e. The van der Waals surface area contributed by atoms with E-state index in [0.29, 0.717) is 22.4 Å². The average Bonchev–Trinajstić information content (AvgIpc) is 2.48. The van der Waals surface area contributed by atoms with Crippen LogP contribution in [0.3, 0.4) is 0 Å². The fourth-order valence-corrected chi connectivity index (χ4v) is 1.90. The summed E-state index contributed by atoms with van der Waals surface area (Å²) in [6.45, 7) is 5.09. The second-order valence-electron chi connectivity index (χ2n) is 4.53. The van der Waals surface area contributed by atoms with Gasteiger partial charge < -0.3 is 4.74 Å². The van der Waals surface area contributed by atoms with Crippen LogP contribution in [-0.4, -0.2) is 11.8 Å². The SMILES string of the molecule is C=C(C)C(=O)Oc1ccc(C(=O)c2ccc(Br)cc2)cc1. The first kappa shape index (κ1) is 15.2. The predicted octanol–water partition coefficient (Wildman–Crippen LogP) is 4.16. The van der Waals surface area contributed by atoms with Gasteiger partial charge in [0.15, 0.2) is 5.78 Å². The van der Waals surface area contributed by atoms with Crippen LogP contribution in [0.1, 0.15) is 22.8 Å². The lowest BCUT2D eigenvalue weighted by molar-refractivity contribution is -0.130. The summed E-state index contributed by atoms with van der Waals surface area (Å²) in [5.74, 6) is -0.183. The Kier molecular flexibility index (Phi) is 4.70. The molecule has 0 radical (unpaired) electrons. The van der Waals surface area contributed by atoms with Crippen molar-refractivity contribution in [2.45, 2.75) is 6.92 Å². The molecule has 0 atom stereocenters. The number of rotatable bonds is 4. The third kappa shape index (κ3) is 3.89. The molecule has 2 aromatic carbocycles. The Balaban J connectivity index is 2.15. The Morgan fingerprint density at radius 1 is 0.952 bits per heavy atom. The molecule has 106 valence electrons. The van der Waals surface area contributed by atoms with Crippen molar-refractivity contribution in [3.05, 3.63) is 76.3 Å². The van der Waals surface area contributed by atoms with Crippen molar-refractivity contribution in [2.24, 2.45) is 0 Å². The van der Waals surface area contributed by atoms with Crippen molar-refractivity contribution in [2.75, 3.05) is 0 Å². The van der Waals surface area contributed by atoms with Gasteiger partial charge in [0.2, 0.25) is 0 Å². The molecule has 2 rings (SSSR count). The Labute approximate surface area is 131 Å². The van der Waals surface area contributed by atoms with E-state index < -0.39 is 5.97 Å². The summed E-state index contributed by atoms with van der Waals surface area (Å²) < 4.78 is 5.99. The zero-order valence-corrected chi connectivity index (χ0v) is 13.0. The largest absolute Gasteiger partial charge is 0.423 e. The molecule has 0 aliphatic heterocycles. The second-order valence-corrected chi connectivity index (χ2v) is 5.45. The number of halogens is 1. The zero-order chi connectivity index (χ0) is 15.4. The number of ketones is 1. The highest BCUT2D eigenvalue weighted by Gasteiger charge is 2.10. The molecule has 0 amide bonds. The molecule has 0 unspecified atom stereocenters. The fourth-order valence-electron chi connectivity index (χ4n) is 1.64. The lowest BCUT2D eigenvalue weighted by Crippen LogP contribution is -2.08. The van der Waals surface area contributed by atoms with Gasteiger partial charge >= 0.3 is 5.97 Å². The number of benzene rings is 2. The summed E-state index contributed by atoms with van der Waals surface area (Å²) in [6.07, 6.45) is 0. The lowest BCUT2D eigenvalue weighted by Gasteiger charge is -2.05. The Morgan fingerprint density at radius 3 is 1.90 bits per heavy atom. The topological polar surface area (TPSA) is 43.4 Å². The van der Waals surface area contributed by atoms with E-state index in [9.17, 15) is 9.59 Å². The van der Waals surface area contributed by atoms with Crippen LogP contribution < -0.4 is 4.74 Å². The Bertz CT molecular complexity index is 685. The van der Waals surface area contributed by atoms with E-state index in [1.165, 1.54) is 0 Å². The van der Waals surface area contributed by atoms with Gasteiger partial charge in [0.05, 0.1) is 0 Å². The number of esters is 1. The molecular weight excluding hydrogens is 332 g/mol. The predicted molar refractivity (Wildman–Crippen MR) is 84.5 cm³/mol. The molecular formula is C17H13BrO3. The molecule has 0 fully saturated rings. The molecule has 0 saturated carbocycles. The van der Waals surface area contributed by atoms with Gasteiger partial charge in [-0.05, 0) is 55.5 Å². The first-order valence-corrected chi connectivity index (χ1v) is 7.04. The third-order valence-electron chi connectivity index (χ3n) is 2.78. The van der Waals surface area contributed by atoms with E-state index >= 15 is 0 Å². The quantitative estimate of drug-likeness (QED) is 0.362. The molecule has 0 spiro atoms. The number of hydrogen-bond acceptors (Lipinski definition) is 3. The van der Waals surface area contributed by atoms with Gasteiger partial charge in [-0.3, -0.25) is 4.79 Å². The minimum Gasteiger partial charge on any atom is -0.423 e. The summed E-state index contributed by atoms with van der Waals surface area (Å²) in [6, 6.07) is 13.6. The van der Waals surface area contributed by atoms with E-state index in [1.54, 1.807) is 43.3 Å². The van der Waals surface area contributed by atoms with Crippen LogP contribution in [0.5, 0.6) is 5.75 Å². The van der Waals surface area contributed by atoms with E-state index in [-0.39, 0.29) is 5.78 Å². The monoisotopic (exact) mass is 344 g/mol. The lowest BCUT2D eigenvalue weighted by atomic mass is 10.0. The van der Waals surface area contributed by atoms with Gasteiger partial charge in [0.1, 0.15) is 5.75 Å². The van der Waals surface area contributed by atoms with Gasteiger partial charge in [-0.15, -0.1) is 0 Å². The summed E-state index contributed by atoms with van der Waals surface area (Å²) in [5, 5.41) is 0. The highest BCUT2D eigenvalue weighted by molar-refractivity contribution is 9.10. The van der Waals surface area contributed by atoms with Crippen molar-refractivity contribution in [3.63, 3.8) is 0 Å². The van der Waals surface area contributed by atoms with E-state index in [1.807, 2.05) is 12.1 Å². The number of ether oxygens (including phenoxy) is 1. The Hall–Kier alpha value is -2.20. The van der Waals surface area contributed by atoms with Gasteiger partial charge in [-0.1, -0.05) is 22.5 Å². The standard InChI is InChI=1S/C17H13BrO3/c1-11(2)17(20)21-15-9-5-13(6-10-15)16(19)12-3-7-14(18)8-4-12/h3-10H,1H2,2H3. The van der Waals surface area contributed by atoms with Crippen molar-refractivity contribution in [1.82, 2.24) is 0 Å². The van der Waals surface area contributed by atoms with Crippen molar-refractivity contribution in [3.8, 4) is 5.75 Å². The molecule has 0 aliphatic rings. The molecule has 0 bridgehead atoms. The van der Waals surface area contributed by atoms with E-state index in [2.05, 4.69) is 22.5 Å². The van der Waals surface area contributed by atoms with E-state index in [4.69, 9.17) is 4.74 Å². The van der Waals surface area contributed by atoms with Gasteiger partial charge in [-0.25, -0.2) is 4.79 Å². The maximum Gasteiger partial charge on any atom is 0.338 e. The summed E-state index contributed by atoms with van der Waals surface area (Å²) in [4.78, 5) is 23.7. The molecule has 2 aromatic rings. The summed E-state index contributed by atoms with van der Waals surface area (Å²) >= 11 is 3.33. The highest BCUT2D eigenvalue weighted by atomic mass is 79.9. The normalized spacial score (nSPS) is 10.0. The van der Waals surface area contributed by atoms with Crippen LogP contribution in [0.4, 0.5) is 0 Å². The average molecular weight is 345 g/mol. The van der Waals surface area contributed by atoms with Crippen LogP contribution in [0.25, 0.3) is 0 Å². The first-order chi connectivity index (χ1) is 9.97. The number of hydrogen-bond donors (Lipinski definition) is 0. The molecule has 0 aromatic heterocycles. The molecule has 0 saturated heterocycles. The summed E-state index contributed by atoms with van der Waals surface area (Å²) in [7, 11) is 0. The minimum absolute atomic E-state index is 0.0831. The zero-order valence-electron chi connectivity index (χ0n) is 11.4. The first-order valence-electron chi connectivity index (χ1n) is 6.25. The van der Waals surface area contributed by atoms with E-state index in [0.717, 1.165) is 4.47 Å². The number of carbonyl (C=O) groups is 2. The van der Waals surface area contributed by atoms with Crippen molar-refractivity contribution in [1.29, 1.82) is 0 Å².